The third kappa shape index (κ3) is 4.98. The van der Waals surface area contributed by atoms with Crippen LogP contribution in [0.15, 0.2) is 82.5 Å². The first kappa shape index (κ1) is 23.5. The number of nitrogens with zero attached hydrogens (tertiary/aromatic N) is 1. The second-order valence-corrected chi connectivity index (χ2v) is 9.95. The van der Waals surface area contributed by atoms with Gasteiger partial charge in [-0.25, -0.2) is 8.42 Å². The van der Waals surface area contributed by atoms with Gasteiger partial charge >= 0.3 is 0 Å². The summed E-state index contributed by atoms with van der Waals surface area (Å²) in [5.41, 5.74) is 2.57. The molecule has 34 heavy (non-hydrogen) atoms. The molecule has 0 unspecified atom stereocenters. The van der Waals surface area contributed by atoms with Crippen molar-refractivity contribution in [1.82, 2.24) is 9.29 Å². The van der Waals surface area contributed by atoms with Crippen molar-refractivity contribution < 1.29 is 17.9 Å². The number of hydrogen-bond donors (Lipinski definition) is 1. The number of nitrogens with one attached hydrogen (secondary N) is 1. The fourth-order valence-corrected chi connectivity index (χ4v) is 5.14. The number of hydrogen-bond acceptors (Lipinski definition) is 5. The topological polar surface area (TPSA) is 88.7 Å². The van der Waals surface area contributed by atoms with Gasteiger partial charge in [-0.05, 0) is 72.5 Å². The van der Waals surface area contributed by atoms with E-state index >= 15 is 0 Å². The van der Waals surface area contributed by atoms with Gasteiger partial charge in [-0.15, -0.1) is 0 Å². The van der Waals surface area contributed by atoms with Gasteiger partial charge in [0.25, 0.3) is 5.56 Å². The lowest BCUT2D eigenvalue weighted by atomic mass is 10.1. The molecule has 0 saturated heterocycles. The van der Waals surface area contributed by atoms with Crippen LogP contribution in [0.5, 0.6) is 11.5 Å². The molecule has 1 heterocycles. The van der Waals surface area contributed by atoms with E-state index in [1.54, 1.807) is 37.4 Å². The number of aryl methyl sites for hydroxylation is 1. The van der Waals surface area contributed by atoms with E-state index in [2.05, 4.69) is 4.98 Å². The lowest BCUT2D eigenvalue weighted by Gasteiger charge is -2.23. The highest BCUT2D eigenvalue weighted by Gasteiger charge is 2.26. The summed E-state index contributed by atoms with van der Waals surface area (Å²) >= 11 is 0. The number of aromatic nitrogens is 1. The molecule has 4 rings (SSSR count). The van der Waals surface area contributed by atoms with E-state index < -0.39 is 10.0 Å². The molecule has 0 aliphatic heterocycles. The molecule has 0 radical (unpaired) electrons. The summed E-state index contributed by atoms with van der Waals surface area (Å²) in [4.78, 5) is 15.8. The molecule has 0 bridgehead atoms. The van der Waals surface area contributed by atoms with Crippen LogP contribution in [0.1, 0.15) is 16.7 Å². The fraction of sp³-hybridized carbons (Fsp3) is 0.192. The zero-order valence-corrected chi connectivity index (χ0v) is 20.1. The zero-order chi connectivity index (χ0) is 24.3. The summed E-state index contributed by atoms with van der Waals surface area (Å²) in [6.07, 6.45) is 0. The molecule has 1 N–H and O–H groups in total. The Hall–Kier alpha value is -3.62. The Kier molecular flexibility index (Phi) is 6.72. The number of pyridine rings is 1. The number of methoxy groups -OCH3 is 2. The molecule has 0 fully saturated rings. The van der Waals surface area contributed by atoms with Crippen molar-refractivity contribution in [2.24, 2.45) is 0 Å². The Bertz CT molecular complexity index is 1460. The molecule has 0 saturated carbocycles. The second kappa shape index (κ2) is 9.70. The first-order chi connectivity index (χ1) is 16.3. The second-order valence-electron chi connectivity index (χ2n) is 8.01. The SMILES string of the molecule is COc1ccc(CN(Cc2cc3cc(C)ccc3[nH]c2=O)S(=O)(=O)c2ccc(OC)cc2)cc1. The van der Waals surface area contributed by atoms with Crippen LogP contribution in [0.25, 0.3) is 10.9 Å². The number of aromatic amines is 1. The van der Waals surface area contributed by atoms with Gasteiger partial charge in [0.05, 0.1) is 19.1 Å². The van der Waals surface area contributed by atoms with Gasteiger partial charge in [-0.2, -0.15) is 4.31 Å². The van der Waals surface area contributed by atoms with Crippen molar-refractivity contribution in [2.45, 2.75) is 24.9 Å². The normalized spacial score (nSPS) is 11.6. The first-order valence-corrected chi connectivity index (χ1v) is 12.1. The molecule has 0 amide bonds. The van der Waals surface area contributed by atoms with Crippen molar-refractivity contribution in [3.8, 4) is 11.5 Å². The molecule has 0 aliphatic rings. The quantitative estimate of drug-likeness (QED) is 0.409. The summed E-state index contributed by atoms with van der Waals surface area (Å²) in [6.45, 7) is 1.97. The van der Waals surface area contributed by atoms with Crippen LogP contribution in [0.4, 0.5) is 0 Å². The maximum Gasteiger partial charge on any atom is 0.252 e. The average Bonchev–Trinajstić information content (AvgIpc) is 2.84. The fourth-order valence-electron chi connectivity index (χ4n) is 3.74. The number of fused-ring (bicyclic) bond motifs is 1. The molecular formula is C26H26N2O5S. The van der Waals surface area contributed by atoms with Crippen LogP contribution in [0, 0.1) is 6.92 Å². The van der Waals surface area contributed by atoms with Crippen molar-refractivity contribution in [2.75, 3.05) is 14.2 Å². The highest BCUT2D eigenvalue weighted by Crippen LogP contribution is 2.24. The molecule has 7 nitrogen and oxygen atoms in total. The van der Waals surface area contributed by atoms with Gasteiger partial charge in [-0.3, -0.25) is 4.79 Å². The number of ether oxygens (including phenoxy) is 2. The van der Waals surface area contributed by atoms with Crippen LogP contribution >= 0.6 is 0 Å². The summed E-state index contributed by atoms with van der Waals surface area (Å²) in [5.74, 6) is 1.23. The molecule has 8 heteroatoms. The van der Waals surface area contributed by atoms with E-state index in [0.717, 1.165) is 16.5 Å². The number of rotatable bonds is 8. The number of benzene rings is 3. The van der Waals surface area contributed by atoms with Crippen LogP contribution in [-0.2, 0) is 23.1 Å². The third-order valence-electron chi connectivity index (χ3n) is 5.64. The lowest BCUT2D eigenvalue weighted by molar-refractivity contribution is 0.397. The minimum absolute atomic E-state index is 0.0837. The van der Waals surface area contributed by atoms with Crippen molar-refractivity contribution in [3.05, 3.63) is 99.8 Å². The molecular weight excluding hydrogens is 452 g/mol. The van der Waals surface area contributed by atoms with E-state index in [4.69, 9.17) is 9.47 Å². The van der Waals surface area contributed by atoms with Crippen LogP contribution in [-0.4, -0.2) is 31.9 Å². The monoisotopic (exact) mass is 478 g/mol. The van der Waals surface area contributed by atoms with E-state index in [-0.39, 0.29) is 23.5 Å². The molecule has 176 valence electrons. The van der Waals surface area contributed by atoms with Crippen LogP contribution in [0.2, 0.25) is 0 Å². The largest absolute Gasteiger partial charge is 0.497 e. The predicted molar refractivity (Wildman–Crippen MR) is 132 cm³/mol. The van der Waals surface area contributed by atoms with Crippen molar-refractivity contribution in [3.63, 3.8) is 0 Å². The molecule has 0 spiro atoms. The number of H-pyrrole nitrogens is 1. The van der Waals surface area contributed by atoms with Gasteiger partial charge in [-0.1, -0.05) is 23.8 Å². The van der Waals surface area contributed by atoms with Gasteiger partial charge in [0.1, 0.15) is 11.5 Å². The average molecular weight is 479 g/mol. The summed E-state index contributed by atoms with van der Waals surface area (Å²) in [5, 5.41) is 0.848. The lowest BCUT2D eigenvalue weighted by Crippen LogP contribution is -2.32. The minimum atomic E-state index is -3.92. The predicted octanol–water partition coefficient (Wildman–Crippen LogP) is 4.24. The standard InChI is InChI=1S/C26H26N2O5S/c1-18-4-13-25-20(14-18)15-21(26(29)27-25)17-28(16-19-5-7-22(32-2)8-6-19)34(30,31)24-11-9-23(33-3)10-12-24/h4-15H,16-17H2,1-3H3,(H,27,29). The Labute approximate surface area is 198 Å². The highest BCUT2D eigenvalue weighted by molar-refractivity contribution is 7.89. The summed E-state index contributed by atoms with van der Waals surface area (Å²) < 4.78 is 39.0. The van der Waals surface area contributed by atoms with Crippen LogP contribution < -0.4 is 15.0 Å². The maximum atomic E-state index is 13.6. The van der Waals surface area contributed by atoms with Gasteiger partial charge < -0.3 is 14.5 Å². The molecule has 4 aromatic rings. The molecule has 0 atom stereocenters. The zero-order valence-electron chi connectivity index (χ0n) is 19.2. The first-order valence-electron chi connectivity index (χ1n) is 10.7. The Morgan fingerprint density at radius 2 is 1.44 bits per heavy atom. The van der Waals surface area contributed by atoms with E-state index in [0.29, 0.717) is 22.6 Å². The maximum absolute atomic E-state index is 13.6. The minimum Gasteiger partial charge on any atom is -0.497 e. The van der Waals surface area contributed by atoms with Crippen molar-refractivity contribution in [1.29, 1.82) is 0 Å². The molecule has 1 aromatic heterocycles. The third-order valence-corrected chi connectivity index (χ3v) is 7.44. The van der Waals surface area contributed by atoms with Gasteiger partial charge in [0, 0.05) is 24.2 Å². The summed E-state index contributed by atoms with van der Waals surface area (Å²) in [6, 6.07) is 20.9. The Morgan fingerprint density at radius 1 is 0.824 bits per heavy atom. The van der Waals surface area contributed by atoms with E-state index in [1.165, 1.54) is 23.5 Å². The van der Waals surface area contributed by atoms with E-state index in [9.17, 15) is 13.2 Å². The van der Waals surface area contributed by atoms with Crippen LogP contribution in [0.3, 0.4) is 0 Å². The number of sulfonamides is 1. The van der Waals surface area contributed by atoms with E-state index in [1.807, 2.05) is 37.3 Å². The Morgan fingerprint density at radius 3 is 2.06 bits per heavy atom. The highest BCUT2D eigenvalue weighted by atomic mass is 32.2. The Balaban J connectivity index is 1.75. The summed E-state index contributed by atoms with van der Waals surface area (Å²) in [7, 11) is -0.829. The van der Waals surface area contributed by atoms with Gasteiger partial charge in [0.2, 0.25) is 10.0 Å². The van der Waals surface area contributed by atoms with Crippen molar-refractivity contribution >= 4 is 20.9 Å². The molecule has 0 aliphatic carbocycles. The molecule has 3 aromatic carbocycles. The van der Waals surface area contributed by atoms with Gasteiger partial charge in [0.15, 0.2) is 0 Å². The smallest absolute Gasteiger partial charge is 0.252 e.